The van der Waals surface area contributed by atoms with E-state index in [2.05, 4.69) is 19.9 Å². The molecule has 0 spiro atoms. The summed E-state index contributed by atoms with van der Waals surface area (Å²) in [6, 6.07) is 1.36. The van der Waals surface area contributed by atoms with Crippen LogP contribution in [0.3, 0.4) is 0 Å². The molecule has 0 saturated carbocycles. The second-order valence-electron chi connectivity index (χ2n) is 6.69. The van der Waals surface area contributed by atoms with Gasteiger partial charge in [-0.25, -0.2) is 9.97 Å². The van der Waals surface area contributed by atoms with Crippen molar-refractivity contribution in [2.45, 2.75) is 12.4 Å². The largest absolute Gasteiger partial charge is 0.417 e. The van der Waals surface area contributed by atoms with Crippen LogP contribution >= 0.6 is 0 Å². The molecule has 0 unspecified atom stereocenters. The van der Waals surface area contributed by atoms with Crippen LogP contribution in [0.4, 0.5) is 38.1 Å². The second kappa shape index (κ2) is 7.48. The zero-order valence-electron chi connectivity index (χ0n) is 15.6. The SMILES string of the molecule is Nc1nc(N2CCOCC2)c2nc(-c3ccc(C(F)(F)F)cc3C(F)(F)F)cnc2n1. The fourth-order valence-electron chi connectivity index (χ4n) is 3.21. The number of hydrogen-bond donors (Lipinski definition) is 1. The molecule has 164 valence electrons. The molecule has 0 atom stereocenters. The highest BCUT2D eigenvalue weighted by molar-refractivity contribution is 5.86. The number of rotatable bonds is 2. The van der Waals surface area contributed by atoms with E-state index >= 15 is 0 Å². The highest BCUT2D eigenvalue weighted by atomic mass is 19.4. The van der Waals surface area contributed by atoms with Crippen LogP contribution in [0.25, 0.3) is 22.4 Å². The first-order valence-corrected chi connectivity index (χ1v) is 8.96. The number of alkyl halides is 6. The van der Waals surface area contributed by atoms with Crippen molar-refractivity contribution >= 4 is 22.9 Å². The maximum atomic E-state index is 13.6. The van der Waals surface area contributed by atoms with Crippen LogP contribution in [0.5, 0.6) is 0 Å². The normalized spacial score (nSPS) is 15.5. The van der Waals surface area contributed by atoms with Gasteiger partial charge < -0.3 is 15.4 Å². The summed E-state index contributed by atoms with van der Waals surface area (Å²) < 4.78 is 84.8. The summed E-state index contributed by atoms with van der Waals surface area (Å²) in [5.41, 5.74) is 2.16. The number of nitrogens with zero attached hydrogens (tertiary/aromatic N) is 5. The van der Waals surface area contributed by atoms with Crippen molar-refractivity contribution in [2.75, 3.05) is 36.9 Å². The number of benzene rings is 1. The predicted octanol–water partition coefficient (Wildman–Crippen LogP) is 3.54. The Kier molecular flexibility index (Phi) is 5.07. The van der Waals surface area contributed by atoms with Crippen molar-refractivity contribution in [3.63, 3.8) is 0 Å². The number of nitrogens with two attached hydrogens (primary N) is 1. The standard InChI is InChI=1S/C18H14F6N6O/c19-17(20,21)9-1-2-10(11(7-9)18(22,23)24)12-8-26-14-13(27-12)15(29-16(25)28-14)30-3-5-31-6-4-30/h1-2,7-8H,3-6H2,(H2,25,26,28,29). The van der Waals surface area contributed by atoms with Crippen molar-refractivity contribution in [3.8, 4) is 11.3 Å². The summed E-state index contributed by atoms with van der Waals surface area (Å²) in [5.74, 6) is 0.169. The van der Waals surface area contributed by atoms with Crippen LogP contribution in [0.15, 0.2) is 24.4 Å². The first-order valence-electron chi connectivity index (χ1n) is 8.96. The smallest absolute Gasteiger partial charge is 0.378 e. The topological polar surface area (TPSA) is 90.0 Å². The van der Waals surface area contributed by atoms with Crippen LogP contribution in [0, 0.1) is 0 Å². The fraction of sp³-hybridized carbons (Fsp3) is 0.333. The van der Waals surface area contributed by atoms with Crippen LogP contribution in [0.2, 0.25) is 0 Å². The van der Waals surface area contributed by atoms with Crippen molar-refractivity contribution < 1.29 is 31.1 Å². The van der Waals surface area contributed by atoms with Gasteiger partial charge in [0.2, 0.25) is 5.95 Å². The minimum Gasteiger partial charge on any atom is -0.378 e. The molecule has 0 bridgehead atoms. The molecule has 1 aliphatic rings. The van der Waals surface area contributed by atoms with Gasteiger partial charge in [0.25, 0.3) is 0 Å². The predicted molar refractivity (Wildman–Crippen MR) is 98.0 cm³/mol. The molecule has 7 nitrogen and oxygen atoms in total. The van der Waals surface area contributed by atoms with Gasteiger partial charge in [-0.1, -0.05) is 6.07 Å². The highest BCUT2D eigenvalue weighted by Gasteiger charge is 2.38. The van der Waals surface area contributed by atoms with E-state index in [0.717, 1.165) is 12.3 Å². The minimum atomic E-state index is -5.04. The summed E-state index contributed by atoms with van der Waals surface area (Å²) in [6.45, 7) is 1.67. The molecule has 3 heterocycles. The van der Waals surface area contributed by atoms with Gasteiger partial charge in [0.15, 0.2) is 17.0 Å². The number of aromatic nitrogens is 4. The summed E-state index contributed by atoms with van der Waals surface area (Å²) in [7, 11) is 0. The molecule has 1 fully saturated rings. The molecule has 0 amide bonds. The van der Waals surface area contributed by atoms with Crippen LogP contribution in [0.1, 0.15) is 11.1 Å². The Morgan fingerprint density at radius 1 is 0.935 bits per heavy atom. The minimum absolute atomic E-state index is 0.0539. The summed E-state index contributed by atoms with van der Waals surface area (Å²) in [4.78, 5) is 18.1. The number of anilines is 2. The van der Waals surface area contributed by atoms with Crippen molar-refractivity contribution in [2.24, 2.45) is 0 Å². The van der Waals surface area contributed by atoms with E-state index in [1.165, 1.54) is 0 Å². The molecule has 13 heteroatoms. The number of ether oxygens (including phenoxy) is 1. The first kappa shape index (κ1) is 21.0. The fourth-order valence-corrected chi connectivity index (χ4v) is 3.21. The first-order chi connectivity index (χ1) is 14.5. The number of hydrogen-bond acceptors (Lipinski definition) is 7. The van der Waals surface area contributed by atoms with Gasteiger partial charge in [0, 0.05) is 18.7 Å². The zero-order chi connectivity index (χ0) is 22.4. The van der Waals surface area contributed by atoms with E-state index in [4.69, 9.17) is 10.5 Å². The second-order valence-corrected chi connectivity index (χ2v) is 6.69. The molecule has 1 aliphatic heterocycles. The lowest BCUT2D eigenvalue weighted by molar-refractivity contribution is -0.142. The average molecular weight is 444 g/mol. The molecule has 2 aromatic heterocycles. The maximum Gasteiger partial charge on any atom is 0.417 e. The molecule has 0 radical (unpaired) electrons. The number of morpholine rings is 1. The summed E-state index contributed by atoms with van der Waals surface area (Å²) >= 11 is 0. The third kappa shape index (κ3) is 4.17. The quantitative estimate of drug-likeness (QED) is 0.605. The summed E-state index contributed by atoms with van der Waals surface area (Å²) in [5, 5.41) is 0. The molecule has 2 N–H and O–H groups in total. The zero-order valence-corrected chi connectivity index (χ0v) is 15.6. The number of nitrogen functional groups attached to an aromatic ring is 1. The molecule has 31 heavy (non-hydrogen) atoms. The summed E-state index contributed by atoms with van der Waals surface area (Å²) in [6.07, 6.45) is -8.96. The third-order valence-electron chi connectivity index (χ3n) is 4.64. The van der Waals surface area contributed by atoms with Gasteiger partial charge in [-0.05, 0) is 12.1 Å². The van der Waals surface area contributed by atoms with Crippen LogP contribution in [-0.2, 0) is 17.1 Å². The van der Waals surface area contributed by atoms with Gasteiger partial charge in [0.05, 0.1) is 36.2 Å². The molecule has 1 saturated heterocycles. The average Bonchev–Trinajstić information content (AvgIpc) is 2.72. The molecule has 0 aliphatic carbocycles. The van der Waals surface area contributed by atoms with Gasteiger partial charge in [-0.2, -0.15) is 36.3 Å². The molecule has 4 rings (SSSR count). The molecule has 3 aromatic rings. The third-order valence-corrected chi connectivity index (χ3v) is 4.64. The van der Waals surface area contributed by atoms with Crippen molar-refractivity contribution in [1.29, 1.82) is 0 Å². The molecule has 1 aromatic carbocycles. The van der Waals surface area contributed by atoms with E-state index in [1.807, 2.05) is 0 Å². The van der Waals surface area contributed by atoms with Crippen LogP contribution in [-0.4, -0.2) is 46.2 Å². The Morgan fingerprint density at radius 3 is 2.29 bits per heavy atom. The lowest BCUT2D eigenvalue weighted by atomic mass is 10.0. The van der Waals surface area contributed by atoms with Crippen molar-refractivity contribution in [3.05, 3.63) is 35.5 Å². The van der Waals surface area contributed by atoms with E-state index in [9.17, 15) is 26.3 Å². The Bertz CT molecular complexity index is 1130. The van der Waals surface area contributed by atoms with Crippen molar-refractivity contribution in [1.82, 2.24) is 19.9 Å². The Morgan fingerprint density at radius 2 is 1.65 bits per heavy atom. The number of halogens is 6. The Balaban J connectivity index is 1.90. The lowest BCUT2D eigenvalue weighted by Gasteiger charge is -2.28. The molecular formula is C18H14F6N6O. The van der Waals surface area contributed by atoms with Gasteiger partial charge in [-0.15, -0.1) is 0 Å². The van der Waals surface area contributed by atoms with E-state index in [1.54, 1.807) is 4.90 Å². The van der Waals surface area contributed by atoms with E-state index < -0.39 is 29.0 Å². The highest BCUT2D eigenvalue weighted by Crippen LogP contribution is 2.40. The van der Waals surface area contributed by atoms with E-state index in [0.29, 0.717) is 32.4 Å². The van der Waals surface area contributed by atoms with Crippen LogP contribution < -0.4 is 10.6 Å². The molecular weight excluding hydrogens is 430 g/mol. The van der Waals surface area contributed by atoms with Gasteiger partial charge in [-0.3, -0.25) is 0 Å². The van der Waals surface area contributed by atoms with Gasteiger partial charge >= 0.3 is 12.4 Å². The lowest BCUT2D eigenvalue weighted by Crippen LogP contribution is -2.37. The Labute approximate surface area is 170 Å². The number of fused-ring (bicyclic) bond motifs is 1. The maximum absolute atomic E-state index is 13.6. The monoisotopic (exact) mass is 444 g/mol. The Hall–Kier alpha value is -3.22. The van der Waals surface area contributed by atoms with Gasteiger partial charge in [0.1, 0.15) is 0 Å². The van der Waals surface area contributed by atoms with E-state index in [-0.39, 0.29) is 34.7 Å².